The minimum atomic E-state index is -2.98. The molecule has 1 rings (SSSR count). The molecule has 0 amide bonds. The van der Waals surface area contributed by atoms with Crippen molar-refractivity contribution in [1.82, 2.24) is 15.6 Å². The van der Waals surface area contributed by atoms with Gasteiger partial charge in [0.1, 0.15) is 9.84 Å². The number of hydrogen-bond acceptors (Lipinski definition) is 5. The van der Waals surface area contributed by atoms with Crippen LogP contribution in [0.1, 0.15) is 31.9 Å². The second kappa shape index (κ2) is 11.6. The van der Waals surface area contributed by atoms with Crippen LogP contribution in [0.15, 0.2) is 29.5 Å². The molecule has 0 spiro atoms. The second-order valence-electron chi connectivity index (χ2n) is 5.48. The summed E-state index contributed by atoms with van der Waals surface area (Å²) in [6.45, 7) is 4.73. The number of pyridine rings is 1. The van der Waals surface area contributed by atoms with Crippen molar-refractivity contribution < 1.29 is 13.5 Å². The van der Waals surface area contributed by atoms with E-state index in [1.165, 1.54) is 6.26 Å². The topological polar surface area (TPSA) is 104 Å². The zero-order valence-corrected chi connectivity index (χ0v) is 17.4. The molecule has 138 valence electrons. The fourth-order valence-electron chi connectivity index (χ4n) is 1.89. The Morgan fingerprint density at radius 1 is 1.38 bits per heavy atom. The lowest BCUT2D eigenvalue weighted by atomic mass is 10.1. The van der Waals surface area contributed by atoms with Gasteiger partial charge in [-0.1, -0.05) is 0 Å². The number of aliphatic hydroxyl groups is 1. The molecule has 24 heavy (non-hydrogen) atoms. The Morgan fingerprint density at radius 3 is 2.54 bits per heavy atom. The van der Waals surface area contributed by atoms with Crippen LogP contribution < -0.4 is 10.6 Å². The number of halogens is 1. The fourth-order valence-corrected chi connectivity index (χ4v) is 2.67. The largest absolute Gasteiger partial charge is 0.386 e. The van der Waals surface area contributed by atoms with Crippen molar-refractivity contribution in [1.29, 1.82) is 0 Å². The van der Waals surface area contributed by atoms with Crippen LogP contribution in [0.4, 0.5) is 0 Å². The molecule has 2 atom stereocenters. The van der Waals surface area contributed by atoms with Crippen molar-refractivity contribution in [3.8, 4) is 0 Å². The van der Waals surface area contributed by atoms with E-state index in [0.717, 1.165) is 5.56 Å². The van der Waals surface area contributed by atoms with Gasteiger partial charge in [0.25, 0.3) is 0 Å². The van der Waals surface area contributed by atoms with Gasteiger partial charge in [-0.2, -0.15) is 0 Å². The average molecular weight is 470 g/mol. The van der Waals surface area contributed by atoms with Crippen LogP contribution in [0.3, 0.4) is 0 Å². The van der Waals surface area contributed by atoms with Gasteiger partial charge in [-0.15, -0.1) is 24.0 Å². The number of aliphatic hydroxyl groups excluding tert-OH is 1. The highest BCUT2D eigenvalue weighted by molar-refractivity contribution is 14.0. The van der Waals surface area contributed by atoms with Gasteiger partial charge in [0.2, 0.25) is 0 Å². The molecular weight excluding hydrogens is 443 g/mol. The maximum absolute atomic E-state index is 11.2. The molecular formula is C15H27IN4O3S. The van der Waals surface area contributed by atoms with Crippen LogP contribution in [0.5, 0.6) is 0 Å². The molecule has 0 saturated heterocycles. The van der Waals surface area contributed by atoms with Crippen LogP contribution in [-0.2, 0) is 9.84 Å². The van der Waals surface area contributed by atoms with Crippen LogP contribution >= 0.6 is 24.0 Å². The van der Waals surface area contributed by atoms with Crippen LogP contribution in [0.2, 0.25) is 0 Å². The van der Waals surface area contributed by atoms with Crippen molar-refractivity contribution in [2.24, 2.45) is 4.99 Å². The number of aromatic nitrogens is 1. The number of aliphatic imine (C=N–C) groups is 1. The standard InChI is InChI=1S/C15H26N4O3S.HI/c1-4-17-15(19-12(2)7-10-23(3,21)22)18-11-14(20)13-5-8-16-9-6-13;/h5-6,8-9,12,14,20H,4,7,10-11H2,1-3H3,(H2,17,18,19);1H. The molecule has 0 aliphatic heterocycles. The zero-order valence-electron chi connectivity index (χ0n) is 14.3. The Morgan fingerprint density at radius 2 is 2.00 bits per heavy atom. The van der Waals surface area contributed by atoms with Crippen LogP contribution in [0, 0.1) is 0 Å². The maximum Gasteiger partial charge on any atom is 0.191 e. The van der Waals surface area contributed by atoms with E-state index in [-0.39, 0.29) is 42.3 Å². The number of sulfone groups is 1. The van der Waals surface area contributed by atoms with Gasteiger partial charge >= 0.3 is 0 Å². The van der Waals surface area contributed by atoms with E-state index in [9.17, 15) is 13.5 Å². The summed E-state index contributed by atoms with van der Waals surface area (Å²) in [7, 11) is -2.98. The average Bonchev–Trinajstić information content (AvgIpc) is 2.51. The summed E-state index contributed by atoms with van der Waals surface area (Å²) in [6.07, 6.45) is 4.26. The quantitative estimate of drug-likeness (QED) is 0.299. The summed E-state index contributed by atoms with van der Waals surface area (Å²) in [5.74, 6) is 0.682. The van der Waals surface area contributed by atoms with Gasteiger partial charge in [-0.05, 0) is 38.0 Å². The van der Waals surface area contributed by atoms with Gasteiger partial charge < -0.3 is 15.7 Å². The molecule has 3 N–H and O–H groups in total. The molecule has 0 aliphatic rings. The van der Waals surface area contributed by atoms with Gasteiger partial charge in [-0.25, -0.2) is 8.42 Å². The molecule has 1 aromatic rings. The third kappa shape index (κ3) is 10.0. The van der Waals surface area contributed by atoms with Crippen LogP contribution in [-0.4, -0.2) is 55.6 Å². The molecule has 0 bridgehead atoms. The highest BCUT2D eigenvalue weighted by Crippen LogP contribution is 2.11. The summed E-state index contributed by atoms with van der Waals surface area (Å²) >= 11 is 0. The number of nitrogens with one attached hydrogen (secondary N) is 2. The lowest BCUT2D eigenvalue weighted by Crippen LogP contribution is -2.43. The van der Waals surface area contributed by atoms with Gasteiger partial charge in [0.05, 0.1) is 18.4 Å². The van der Waals surface area contributed by atoms with E-state index in [4.69, 9.17) is 0 Å². The minimum Gasteiger partial charge on any atom is -0.386 e. The van der Waals surface area contributed by atoms with Crippen LogP contribution in [0.25, 0.3) is 0 Å². The Hall–Kier alpha value is -0.940. The molecule has 0 saturated carbocycles. The predicted molar refractivity (Wildman–Crippen MR) is 108 cm³/mol. The number of nitrogens with zero attached hydrogens (tertiary/aromatic N) is 2. The third-order valence-corrected chi connectivity index (χ3v) is 4.14. The Bertz CT molecular complexity index is 596. The van der Waals surface area contributed by atoms with E-state index in [2.05, 4.69) is 20.6 Å². The normalized spacial score (nSPS) is 14.4. The first-order valence-electron chi connectivity index (χ1n) is 7.62. The third-order valence-electron chi connectivity index (χ3n) is 3.16. The van der Waals surface area contributed by atoms with E-state index in [1.807, 2.05) is 13.8 Å². The number of guanidine groups is 1. The maximum atomic E-state index is 11.2. The SMILES string of the molecule is CCNC(=NCC(O)c1ccncc1)NC(C)CCS(C)(=O)=O.I. The highest BCUT2D eigenvalue weighted by Gasteiger charge is 2.11. The number of hydrogen-bond donors (Lipinski definition) is 3. The van der Waals surface area contributed by atoms with Crippen molar-refractivity contribution >= 4 is 39.8 Å². The highest BCUT2D eigenvalue weighted by atomic mass is 127. The van der Waals surface area contributed by atoms with E-state index in [1.54, 1.807) is 24.5 Å². The molecule has 1 heterocycles. The first-order valence-corrected chi connectivity index (χ1v) is 9.68. The predicted octanol–water partition coefficient (Wildman–Crippen LogP) is 1.11. The first-order chi connectivity index (χ1) is 10.8. The first kappa shape index (κ1) is 23.1. The molecule has 0 radical (unpaired) electrons. The smallest absolute Gasteiger partial charge is 0.191 e. The van der Waals surface area contributed by atoms with Gasteiger partial charge in [0.15, 0.2) is 5.96 Å². The Kier molecular flexibility index (Phi) is 11.1. The van der Waals surface area contributed by atoms with Crippen molar-refractivity contribution in [2.45, 2.75) is 32.4 Å². The molecule has 2 unspecified atom stereocenters. The van der Waals surface area contributed by atoms with E-state index < -0.39 is 15.9 Å². The zero-order chi connectivity index (χ0) is 17.3. The van der Waals surface area contributed by atoms with Crippen molar-refractivity contribution in [2.75, 3.05) is 25.1 Å². The molecule has 1 aromatic heterocycles. The molecule has 0 fully saturated rings. The summed E-state index contributed by atoms with van der Waals surface area (Å²) in [5.41, 5.74) is 0.754. The fraction of sp³-hybridized carbons (Fsp3) is 0.600. The van der Waals surface area contributed by atoms with Gasteiger partial charge in [0, 0.05) is 31.2 Å². The number of rotatable bonds is 8. The molecule has 0 aromatic carbocycles. The summed E-state index contributed by atoms with van der Waals surface area (Å²) in [6, 6.07) is 3.45. The minimum absolute atomic E-state index is 0. The lowest BCUT2D eigenvalue weighted by molar-refractivity contribution is 0.187. The molecule has 9 heteroatoms. The summed E-state index contributed by atoms with van der Waals surface area (Å²) < 4.78 is 22.4. The Labute approximate surface area is 161 Å². The summed E-state index contributed by atoms with van der Waals surface area (Å²) in [5, 5.41) is 16.3. The van der Waals surface area contributed by atoms with E-state index in [0.29, 0.717) is 18.9 Å². The molecule has 7 nitrogen and oxygen atoms in total. The molecule has 0 aliphatic carbocycles. The lowest BCUT2D eigenvalue weighted by Gasteiger charge is -2.18. The van der Waals surface area contributed by atoms with Crippen molar-refractivity contribution in [3.63, 3.8) is 0 Å². The van der Waals surface area contributed by atoms with E-state index >= 15 is 0 Å². The summed E-state index contributed by atoms with van der Waals surface area (Å²) in [4.78, 5) is 8.26. The second-order valence-corrected chi connectivity index (χ2v) is 7.74. The Balaban J connectivity index is 0.00000529. The monoisotopic (exact) mass is 470 g/mol. The van der Waals surface area contributed by atoms with Gasteiger partial charge in [-0.3, -0.25) is 9.98 Å². The van der Waals surface area contributed by atoms with Crippen molar-refractivity contribution in [3.05, 3.63) is 30.1 Å².